The molecular weight excluding hydrogens is 318 g/mol. The quantitative estimate of drug-likeness (QED) is 0.903. The highest BCUT2D eigenvalue weighted by molar-refractivity contribution is 5.68. The summed E-state index contributed by atoms with van der Waals surface area (Å²) in [5.74, 6) is 0.591. The molecule has 1 aliphatic carbocycles. The summed E-state index contributed by atoms with van der Waals surface area (Å²) in [6.45, 7) is 2.21. The van der Waals surface area contributed by atoms with Crippen molar-refractivity contribution in [2.45, 2.75) is 25.3 Å². The lowest BCUT2D eigenvalue weighted by Gasteiger charge is -2.25. The van der Waals surface area contributed by atoms with Gasteiger partial charge in [-0.25, -0.2) is 4.79 Å². The smallest absolute Gasteiger partial charge is 0.407 e. The second kappa shape index (κ2) is 6.44. The molecule has 3 rings (SSSR count). The van der Waals surface area contributed by atoms with Gasteiger partial charge in [-0.1, -0.05) is 12.1 Å². The summed E-state index contributed by atoms with van der Waals surface area (Å²) in [5, 5.41) is 18.2. The molecule has 1 aromatic heterocycles. The first-order valence-corrected chi connectivity index (χ1v) is 8.02. The summed E-state index contributed by atoms with van der Waals surface area (Å²) < 4.78 is 5.85. The lowest BCUT2D eigenvalue weighted by atomic mass is 10.0. The third-order valence-corrected chi connectivity index (χ3v) is 4.70. The molecule has 2 aromatic rings. The summed E-state index contributed by atoms with van der Waals surface area (Å²) in [4.78, 5) is 16.9. The Bertz CT molecular complexity index is 853. The van der Waals surface area contributed by atoms with Gasteiger partial charge in [-0.05, 0) is 43.5 Å². The van der Waals surface area contributed by atoms with Crippen LogP contribution in [0, 0.1) is 18.3 Å². The number of amides is 1. The molecule has 0 aliphatic heterocycles. The molecule has 0 saturated heterocycles. The molecule has 0 atom stereocenters. The van der Waals surface area contributed by atoms with Gasteiger partial charge in [0, 0.05) is 18.3 Å². The van der Waals surface area contributed by atoms with Crippen LogP contribution in [0.15, 0.2) is 36.5 Å². The fourth-order valence-electron chi connectivity index (χ4n) is 2.78. The van der Waals surface area contributed by atoms with Crippen molar-refractivity contribution in [2.24, 2.45) is 0 Å². The van der Waals surface area contributed by atoms with Crippen LogP contribution in [0.5, 0.6) is 5.75 Å². The number of carbonyl (C=O) groups is 1. The number of carboxylic acid groups (broad SMARTS) is 1. The van der Waals surface area contributed by atoms with Crippen LogP contribution >= 0.6 is 0 Å². The van der Waals surface area contributed by atoms with Crippen molar-refractivity contribution in [2.75, 3.05) is 13.7 Å². The van der Waals surface area contributed by atoms with Crippen molar-refractivity contribution in [3.63, 3.8) is 0 Å². The van der Waals surface area contributed by atoms with Gasteiger partial charge in [0.25, 0.3) is 0 Å². The Morgan fingerprint density at radius 3 is 2.84 bits per heavy atom. The second-order valence-corrected chi connectivity index (χ2v) is 6.35. The summed E-state index contributed by atoms with van der Waals surface area (Å²) in [7, 11) is 1.57. The van der Waals surface area contributed by atoms with Crippen molar-refractivity contribution < 1.29 is 14.6 Å². The van der Waals surface area contributed by atoms with E-state index in [1.807, 2.05) is 31.2 Å². The molecule has 6 nitrogen and oxygen atoms in total. The highest BCUT2D eigenvalue weighted by Crippen LogP contribution is 2.41. The predicted molar refractivity (Wildman–Crippen MR) is 92.4 cm³/mol. The van der Waals surface area contributed by atoms with E-state index >= 15 is 0 Å². The first-order valence-electron chi connectivity index (χ1n) is 8.02. The zero-order valence-corrected chi connectivity index (χ0v) is 14.2. The van der Waals surface area contributed by atoms with Crippen molar-refractivity contribution in [1.82, 2.24) is 9.88 Å². The van der Waals surface area contributed by atoms with E-state index in [1.165, 1.54) is 4.90 Å². The van der Waals surface area contributed by atoms with Gasteiger partial charge in [-0.2, -0.15) is 5.26 Å². The minimum Gasteiger partial charge on any atom is -0.490 e. The average molecular weight is 337 g/mol. The van der Waals surface area contributed by atoms with Gasteiger partial charge in [-0.15, -0.1) is 0 Å². The predicted octanol–water partition coefficient (Wildman–Crippen LogP) is 3.45. The van der Waals surface area contributed by atoms with Gasteiger partial charge < -0.3 is 14.7 Å². The molecule has 1 aliphatic rings. The normalized spacial score (nSPS) is 14.4. The number of benzene rings is 1. The molecule has 128 valence electrons. The Balaban J connectivity index is 1.80. The minimum absolute atomic E-state index is 0.304. The topological polar surface area (TPSA) is 86.4 Å². The Kier molecular flexibility index (Phi) is 4.32. The van der Waals surface area contributed by atoms with Crippen LogP contribution in [0.25, 0.3) is 11.1 Å². The van der Waals surface area contributed by atoms with Crippen LogP contribution in [0.4, 0.5) is 4.79 Å². The monoisotopic (exact) mass is 337 g/mol. The molecule has 6 heteroatoms. The summed E-state index contributed by atoms with van der Waals surface area (Å²) in [5.41, 5.74) is 2.79. The zero-order valence-electron chi connectivity index (χ0n) is 14.2. The van der Waals surface area contributed by atoms with Crippen molar-refractivity contribution in [3.8, 4) is 22.9 Å². The van der Waals surface area contributed by atoms with Crippen LogP contribution in [0.2, 0.25) is 0 Å². The molecule has 0 unspecified atom stereocenters. The first kappa shape index (κ1) is 16.8. The van der Waals surface area contributed by atoms with Crippen LogP contribution in [0.1, 0.15) is 24.1 Å². The summed E-state index contributed by atoms with van der Waals surface area (Å²) >= 11 is 0. The third kappa shape index (κ3) is 3.41. The molecule has 1 N–H and O–H groups in total. The molecule has 0 radical (unpaired) electrons. The molecule has 0 spiro atoms. The first-order chi connectivity index (χ1) is 11.9. The number of likely N-dealkylation sites (N-methyl/N-ethyl adjacent to an activating group) is 1. The van der Waals surface area contributed by atoms with Crippen LogP contribution in [0.3, 0.4) is 0 Å². The Labute approximate surface area is 146 Å². The van der Waals surface area contributed by atoms with E-state index in [4.69, 9.17) is 15.1 Å². The van der Waals surface area contributed by atoms with E-state index < -0.39 is 11.6 Å². The van der Waals surface area contributed by atoms with Crippen molar-refractivity contribution >= 4 is 6.09 Å². The van der Waals surface area contributed by atoms with E-state index in [0.29, 0.717) is 17.9 Å². The molecule has 25 heavy (non-hydrogen) atoms. The lowest BCUT2D eigenvalue weighted by molar-refractivity contribution is 0.109. The number of hydrogen-bond acceptors (Lipinski definition) is 4. The minimum atomic E-state index is -0.947. The second-order valence-electron chi connectivity index (χ2n) is 6.35. The van der Waals surface area contributed by atoms with Crippen molar-refractivity contribution in [1.29, 1.82) is 5.26 Å². The molecule has 1 fully saturated rings. The van der Waals surface area contributed by atoms with E-state index in [9.17, 15) is 4.79 Å². The fraction of sp³-hybridized carbons (Fsp3) is 0.316. The van der Waals surface area contributed by atoms with Crippen LogP contribution in [-0.2, 0) is 0 Å². The lowest BCUT2D eigenvalue weighted by Crippen LogP contribution is -2.42. The van der Waals surface area contributed by atoms with E-state index in [1.54, 1.807) is 19.3 Å². The molecule has 1 amide bonds. The number of aromatic nitrogens is 1. The van der Waals surface area contributed by atoms with Gasteiger partial charge in [0.05, 0.1) is 23.4 Å². The maximum Gasteiger partial charge on any atom is 0.407 e. The molecule has 1 heterocycles. The van der Waals surface area contributed by atoms with Crippen molar-refractivity contribution in [3.05, 3.63) is 47.8 Å². The molecule has 0 bridgehead atoms. The SMILES string of the molecule is Cc1ncc(OCC2(N(C)C(=O)O)CC2)cc1-c1cccc(C#N)c1. The van der Waals surface area contributed by atoms with E-state index in [-0.39, 0.29) is 0 Å². The number of nitrogens with zero attached hydrogens (tertiary/aromatic N) is 3. The Morgan fingerprint density at radius 1 is 1.44 bits per heavy atom. The number of rotatable bonds is 5. The van der Waals surface area contributed by atoms with Gasteiger partial charge in [0.2, 0.25) is 0 Å². The van der Waals surface area contributed by atoms with E-state index in [2.05, 4.69) is 11.1 Å². The number of nitriles is 1. The Hall–Kier alpha value is -3.07. The maximum absolute atomic E-state index is 11.2. The average Bonchev–Trinajstić information content (AvgIpc) is 3.41. The number of hydrogen-bond donors (Lipinski definition) is 1. The largest absolute Gasteiger partial charge is 0.490 e. The maximum atomic E-state index is 11.2. The van der Waals surface area contributed by atoms with Gasteiger partial charge >= 0.3 is 6.09 Å². The van der Waals surface area contributed by atoms with Gasteiger partial charge in [-0.3, -0.25) is 4.98 Å². The molecule has 1 aromatic carbocycles. The number of pyridine rings is 1. The number of aryl methyl sites for hydroxylation is 1. The highest BCUT2D eigenvalue weighted by Gasteiger charge is 2.49. The third-order valence-electron chi connectivity index (χ3n) is 4.70. The highest BCUT2D eigenvalue weighted by atomic mass is 16.5. The Morgan fingerprint density at radius 2 is 2.20 bits per heavy atom. The summed E-state index contributed by atoms with van der Waals surface area (Å²) in [6.07, 6.45) is 2.29. The molecular formula is C19H19N3O3. The zero-order chi connectivity index (χ0) is 18.0. The van der Waals surface area contributed by atoms with Gasteiger partial charge in [0.15, 0.2) is 0 Å². The van der Waals surface area contributed by atoms with E-state index in [0.717, 1.165) is 29.7 Å². The van der Waals surface area contributed by atoms with Crippen LogP contribution in [-0.4, -0.2) is 40.3 Å². The van der Waals surface area contributed by atoms with Gasteiger partial charge in [0.1, 0.15) is 12.4 Å². The molecule has 1 saturated carbocycles. The standard InChI is InChI=1S/C19H19N3O3/c1-13-17(15-5-3-4-14(8-15)10-20)9-16(11-21-13)25-12-19(6-7-19)22(2)18(23)24/h3-5,8-9,11H,6-7,12H2,1-2H3,(H,23,24). The summed E-state index contributed by atoms with van der Waals surface area (Å²) in [6, 6.07) is 11.3. The fourth-order valence-corrected chi connectivity index (χ4v) is 2.78. The number of ether oxygens (including phenoxy) is 1. The van der Waals surface area contributed by atoms with Crippen LogP contribution < -0.4 is 4.74 Å².